The molecule has 2 rings (SSSR count). The molecule has 0 radical (unpaired) electrons. The number of anilines is 1. The molecule has 1 saturated heterocycles. The Bertz CT molecular complexity index is 575. The Kier molecular flexibility index (Phi) is 5.36. The molecule has 0 amide bonds. The summed E-state index contributed by atoms with van der Waals surface area (Å²) in [5.74, 6) is 0.257. The normalized spacial score (nSPS) is 19.2. The minimum Gasteiger partial charge on any atom is -0.316 e. The summed E-state index contributed by atoms with van der Waals surface area (Å²) < 4.78 is 25.9. The molecule has 0 bridgehead atoms. The van der Waals surface area contributed by atoms with Crippen molar-refractivity contribution in [2.45, 2.75) is 26.2 Å². The molecule has 6 heteroatoms. The second-order valence-electron chi connectivity index (χ2n) is 5.41. The van der Waals surface area contributed by atoms with Gasteiger partial charge in [0.15, 0.2) is 5.78 Å². The molecule has 1 unspecified atom stereocenters. The van der Waals surface area contributed by atoms with Crippen molar-refractivity contribution in [1.82, 2.24) is 5.32 Å². The highest BCUT2D eigenvalue weighted by Crippen LogP contribution is 2.19. The molecule has 1 aliphatic rings. The summed E-state index contributed by atoms with van der Waals surface area (Å²) in [6.07, 6.45) is 2.50. The van der Waals surface area contributed by atoms with E-state index in [1.807, 2.05) is 6.92 Å². The van der Waals surface area contributed by atoms with Crippen LogP contribution in [0, 0.1) is 5.92 Å². The first-order chi connectivity index (χ1) is 10.0. The molecule has 1 aromatic carbocycles. The Hall–Kier alpha value is -1.40. The van der Waals surface area contributed by atoms with E-state index in [0.29, 0.717) is 17.7 Å². The number of rotatable bonds is 6. The van der Waals surface area contributed by atoms with Crippen LogP contribution in [-0.4, -0.2) is 33.0 Å². The molecule has 5 nitrogen and oxygen atoms in total. The number of benzene rings is 1. The van der Waals surface area contributed by atoms with Crippen LogP contribution in [0.4, 0.5) is 5.69 Å². The lowest BCUT2D eigenvalue weighted by Gasteiger charge is -2.21. The first kappa shape index (κ1) is 16.0. The summed E-state index contributed by atoms with van der Waals surface area (Å²) in [5, 5.41) is 3.23. The van der Waals surface area contributed by atoms with Crippen LogP contribution in [0.1, 0.15) is 36.5 Å². The van der Waals surface area contributed by atoms with Crippen molar-refractivity contribution in [3.8, 4) is 0 Å². The zero-order valence-corrected chi connectivity index (χ0v) is 13.1. The van der Waals surface area contributed by atoms with Crippen molar-refractivity contribution < 1.29 is 13.2 Å². The van der Waals surface area contributed by atoms with Crippen molar-refractivity contribution in [1.29, 1.82) is 0 Å². The van der Waals surface area contributed by atoms with Crippen LogP contribution in [0.5, 0.6) is 0 Å². The maximum absolute atomic E-state index is 12.3. The van der Waals surface area contributed by atoms with Crippen LogP contribution in [-0.2, 0) is 10.0 Å². The number of carbonyl (C=O) groups is 1. The Morgan fingerprint density at radius 1 is 1.33 bits per heavy atom. The number of hydrogen-bond donors (Lipinski definition) is 2. The third kappa shape index (κ3) is 4.54. The Balaban J connectivity index is 2.03. The summed E-state index contributed by atoms with van der Waals surface area (Å²) >= 11 is 0. The highest BCUT2D eigenvalue weighted by molar-refractivity contribution is 7.92. The van der Waals surface area contributed by atoms with Gasteiger partial charge in [0, 0.05) is 23.7 Å². The minimum atomic E-state index is -3.28. The van der Waals surface area contributed by atoms with Crippen LogP contribution in [0.3, 0.4) is 0 Å². The van der Waals surface area contributed by atoms with Crippen LogP contribution in [0.2, 0.25) is 0 Å². The molecule has 0 saturated carbocycles. The molecule has 1 heterocycles. The summed E-state index contributed by atoms with van der Waals surface area (Å²) in [6.45, 7) is 3.52. The first-order valence-electron chi connectivity index (χ1n) is 7.37. The van der Waals surface area contributed by atoms with Gasteiger partial charge in [-0.2, -0.15) is 0 Å². The van der Waals surface area contributed by atoms with E-state index in [9.17, 15) is 13.2 Å². The second-order valence-corrected chi connectivity index (χ2v) is 7.25. The number of carbonyl (C=O) groups excluding carboxylic acids is 1. The maximum Gasteiger partial charge on any atom is 0.232 e. The molecule has 1 atom stereocenters. The van der Waals surface area contributed by atoms with Gasteiger partial charge < -0.3 is 5.32 Å². The van der Waals surface area contributed by atoms with E-state index in [4.69, 9.17) is 0 Å². The topological polar surface area (TPSA) is 75.3 Å². The molecule has 0 aromatic heterocycles. The van der Waals surface area contributed by atoms with Crippen LogP contribution >= 0.6 is 0 Å². The van der Waals surface area contributed by atoms with E-state index < -0.39 is 10.0 Å². The molecule has 2 N–H and O–H groups in total. The molecule has 1 aliphatic heterocycles. The number of sulfonamides is 1. The molecular formula is C15H22N2O3S. The third-order valence-electron chi connectivity index (χ3n) is 3.58. The second kappa shape index (κ2) is 7.04. The van der Waals surface area contributed by atoms with Crippen LogP contribution < -0.4 is 10.0 Å². The average molecular weight is 310 g/mol. The lowest BCUT2D eigenvalue weighted by molar-refractivity contribution is 0.0899. The Labute approximate surface area is 126 Å². The lowest BCUT2D eigenvalue weighted by Crippen LogP contribution is -2.34. The largest absolute Gasteiger partial charge is 0.316 e. The van der Waals surface area contributed by atoms with Gasteiger partial charge in [0.25, 0.3) is 0 Å². The highest BCUT2D eigenvalue weighted by Gasteiger charge is 2.22. The molecular weight excluding hydrogens is 288 g/mol. The highest BCUT2D eigenvalue weighted by atomic mass is 32.2. The molecule has 116 valence electrons. The number of hydrogen-bond acceptors (Lipinski definition) is 4. The zero-order valence-electron chi connectivity index (χ0n) is 12.3. The van der Waals surface area contributed by atoms with Crippen LogP contribution in [0.15, 0.2) is 24.3 Å². The lowest BCUT2D eigenvalue weighted by atomic mass is 9.91. The Morgan fingerprint density at radius 2 is 2.05 bits per heavy atom. The smallest absolute Gasteiger partial charge is 0.232 e. The fourth-order valence-electron chi connectivity index (χ4n) is 2.51. The molecule has 0 aliphatic carbocycles. The van der Waals surface area contributed by atoms with E-state index in [1.165, 1.54) is 0 Å². The monoisotopic (exact) mass is 310 g/mol. The fourth-order valence-corrected chi connectivity index (χ4v) is 3.65. The Morgan fingerprint density at radius 3 is 2.62 bits per heavy atom. The SMILES string of the molecule is CCCS(=O)(=O)Nc1ccc(C(=O)C2CCCNC2)cc1. The van der Waals surface area contributed by atoms with Gasteiger partial charge in [-0.3, -0.25) is 9.52 Å². The van der Waals surface area contributed by atoms with Gasteiger partial charge >= 0.3 is 0 Å². The zero-order chi connectivity index (χ0) is 15.3. The number of piperidine rings is 1. The summed E-state index contributed by atoms with van der Waals surface area (Å²) in [7, 11) is -3.28. The first-order valence-corrected chi connectivity index (χ1v) is 9.02. The summed E-state index contributed by atoms with van der Waals surface area (Å²) in [4.78, 5) is 12.3. The number of ketones is 1. The quantitative estimate of drug-likeness (QED) is 0.788. The van der Waals surface area contributed by atoms with E-state index in [2.05, 4.69) is 10.0 Å². The molecule has 1 fully saturated rings. The molecule has 0 spiro atoms. The molecule has 1 aromatic rings. The maximum atomic E-state index is 12.3. The van der Waals surface area contributed by atoms with Crippen molar-refractivity contribution >= 4 is 21.5 Å². The number of Topliss-reactive ketones (excluding diaryl/α,β-unsaturated/α-hetero) is 1. The fraction of sp³-hybridized carbons (Fsp3) is 0.533. The summed E-state index contributed by atoms with van der Waals surface area (Å²) in [6, 6.07) is 6.69. The predicted octanol–water partition coefficient (Wildman–Crippen LogP) is 2.02. The average Bonchev–Trinajstić information content (AvgIpc) is 2.48. The van der Waals surface area contributed by atoms with E-state index in [0.717, 1.165) is 25.9 Å². The van der Waals surface area contributed by atoms with Gasteiger partial charge in [-0.1, -0.05) is 6.92 Å². The van der Waals surface area contributed by atoms with Gasteiger partial charge in [-0.05, 0) is 50.1 Å². The van der Waals surface area contributed by atoms with Crippen LogP contribution in [0.25, 0.3) is 0 Å². The van der Waals surface area contributed by atoms with Crippen molar-refractivity contribution in [2.24, 2.45) is 5.92 Å². The minimum absolute atomic E-state index is 0.0291. The van der Waals surface area contributed by atoms with E-state index in [1.54, 1.807) is 24.3 Å². The number of nitrogens with one attached hydrogen (secondary N) is 2. The van der Waals surface area contributed by atoms with Crippen molar-refractivity contribution in [3.05, 3.63) is 29.8 Å². The third-order valence-corrected chi connectivity index (χ3v) is 5.08. The van der Waals surface area contributed by atoms with E-state index >= 15 is 0 Å². The van der Waals surface area contributed by atoms with E-state index in [-0.39, 0.29) is 17.5 Å². The van der Waals surface area contributed by atoms with Crippen molar-refractivity contribution in [2.75, 3.05) is 23.6 Å². The predicted molar refractivity (Wildman–Crippen MR) is 84.1 cm³/mol. The van der Waals surface area contributed by atoms with Gasteiger partial charge in [0.1, 0.15) is 0 Å². The molecule has 21 heavy (non-hydrogen) atoms. The standard InChI is InChI=1S/C15H22N2O3S/c1-2-10-21(19,20)17-14-7-5-12(6-8-14)15(18)13-4-3-9-16-11-13/h5-8,13,16-17H,2-4,9-11H2,1H3. The van der Waals surface area contributed by atoms with Gasteiger partial charge in [-0.25, -0.2) is 8.42 Å². The van der Waals surface area contributed by atoms with Gasteiger partial charge in [-0.15, -0.1) is 0 Å². The van der Waals surface area contributed by atoms with Crippen molar-refractivity contribution in [3.63, 3.8) is 0 Å². The van der Waals surface area contributed by atoms with Gasteiger partial charge in [0.05, 0.1) is 5.75 Å². The summed E-state index contributed by atoms with van der Waals surface area (Å²) in [5.41, 5.74) is 1.14. The van der Waals surface area contributed by atoms with Gasteiger partial charge in [0.2, 0.25) is 10.0 Å².